The van der Waals surface area contributed by atoms with E-state index in [4.69, 9.17) is 0 Å². The molecule has 0 spiro atoms. The first-order valence-electron chi connectivity index (χ1n) is 9.97. The number of aliphatic hydroxyl groups excluding tert-OH is 1. The highest BCUT2D eigenvalue weighted by Gasteiger charge is 2.38. The smallest absolute Gasteiger partial charge is 0.408 e. The molecule has 1 unspecified atom stereocenters. The third-order valence-corrected chi connectivity index (χ3v) is 5.58. The van der Waals surface area contributed by atoms with Gasteiger partial charge in [-0.3, -0.25) is 4.90 Å². The average molecular weight is 377 g/mol. The summed E-state index contributed by atoms with van der Waals surface area (Å²) in [4.78, 5) is 13.4. The summed E-state index contributed by atoms with van der Waals surface area (Å²) in [6.07, 6.45) is 2.09. The molecule has 2 rings (SSSR count). The van der Waals surface area contributed by atoms with Gasteiger partial charge in [-0.1, -0.05) is 44.2 Å². The largest absolute Gasteiger partial charge is 0.465 e. The minimum atomic E-state index is -0.996. The third kappa shape index (κ3) is 6.22. The molecule has 0 radical (unpaired) electrons. The number of carboxylic acid groups (broad SMARTS) is 1. The monoisotopic (exact) mass is 376 g/mol. The van der Waals surface area contributed by atoms with Crippen LogP contribution < -0.4 is 5.32 Å². The Morgan fingerprint density at radius 3 is 2.41 bits per heavy atom. The van der Waals surface area contributed by atoms with Gasteiger partial charge in [0.2, 0.25) is 0 Å². The molecule has 0 heterocycles. The third-order valence-electron chi connectivity index (χ3n) is 5.58. The van der Waals surface area contributed by atoms with Crippen LogP contribution in [0.25, 0.3) is 0 Å². The van der Waals surface area contributed by atoms with Gasteiger partial charge in [0, 0.05) is 18.1 Å². The number of hydrogen-bond donors (Lipinski definition) is 3. The highest BCUT2D eigenvalue weighted by atomic mass is 16.4. The van der Waals surface area contributed by atoms with Crippen molar-refractivity contribution in [1.82, 2.24) is 10.2 Å². The van der Waals surface area contributed by atoms with Crippen LogP contribution in [-0.2, 0) is 6.42 Å². The summed E-state index contributed by atoms with van der Waals surface area (Å²) >= 11 is 0. The highest BCUT2D eigenvalue weighted by molar-refractivity contribution is 5.66. The van der Waals surface area contributed by atoms with E-state index in [0.29, 0.717) is 24.4 Å². The highest BCUT2D eigenvalue weighted by Crippen LogP contribution is 2.37. The Labute approximate surface area is 163 Å². The molecule has 0 aliphatic heterocycles. The number of benzene rings is 1. The van der Waals surface area contributed by atoms with Crippen LogP contribution in [0.15, 0.2) is 30.3 Å². The first-order chi connectivity index (χ1) is 12.5. The molecule has 152 valence electrons. The second-order valence-corrected chi connectivity index (χ2v) is 9.66. The van der Waals surface area contributed by atoms with Gasteiger partial charge < -0.3 is 15.5 Å². The maximum absolute atomic E-state index is 12.0. The Hall–Kier alpha value is -1.59. The van der Waals surface area contributed by atoms with E-state index >= 15 is 0 Å². The van der Waals surface area contributed by atoms with E-state index in [1.54, 1.807) is 0 Å². The second kappa shape index (κ2) is 8.61. The number of rotatable bonds is 7. The Kier molecular flexibility index (Phi) is 6.92. The van der Waals surface area contributed by atoms with Crippen LogP contribution in [0, 0.1) is 5.41 Å². The number of aliphatic hydroxyl groups is 1. The molecule has 1 aliphatic carbocycles. The van der Waals surface area contributed by atoms with Crippen molar-refractivity contribution in [1.29, 1.82) is 0 Å². The van der Waals surface area contributed by atoms with Gasteiger partial charge in [-0.25, -0.2) is 4.79 Å². The Balaban J connectivity index is 2.13. The van der Waals surface area contributed by atoms with E-state index < -0.39 is 23.8 Å². The molecule has 5 heteroatoms. The Morgan fingerprint density at radius 2 is 1.93 bits per heavy atom. The van der Waals surface area contributed by atoms with Crippen LogP contribution in [0.2, 0.25) is 0 Å². The van der Waals surface area contributed by atoms with Crippen molar-refractivity contribution in [2.75, 3.05) is 6.54 Å². The molecule has 1 aromatic rings. The van der Waals surface area contributed by atoms with Gasteiger partial charge in [0.1, 0.15) is 0 Å². The van der Waals surface area contributed by atoms with E-state index in [-0.39, 0.29) is 0 Å². The molecule has 1 aromatic carbocycles. The zero-order valence-electron chi connectivity index (χ0n) is 17.4. The molecule has 1 saturated carbocycles. The molecule has 27 heavy (non-hydrogen) atoms. The lowest BCUT2D eigenvalue weighted by atomic mass is 9.91. The summed E-state index contributed by atoms with van der Waals surface area (Å²) in [7, 11) is 0. The van der Waals surface area contributed by atoms with E-state index in [1.807, 2.05) is 51.1 Å². The molecule has 1 aliphatic rings. The van der Waals surface area contributed by atoms with Crippen LogP contribution >= 0.6 is 0 Å². The number of nitrogens with one attached hydrogen (secondary N) is 1. The quantitative estimate of drug-likeness (QED) is 0.675. The molecule has 1 amide bonds. The van der Waals surface area contributed by atoms with Crippen molar-refractivity contribution >= 4 is 6.09 Å². The summed E-state index contributed by atoms with van der Waals surface area (Å²) in [6, 6.07) is 9.67. The Bertz CT molecular complexity index is 610. The zero-order valence-corrected chi connectivity index (χ0v) is 17.4. The maximum atomic E-state index is 12.0. The van der Waals surface area contributed by atoms with Gasteiger partial charge in [-0.15, -0.1) is 0 Å². The van der Waals surface area contributed by atoms with E-state index in [9.17, 15) is 15.0 Å². The first-order valence-corrected chi connectivity index (χ1v) is 9.97. The van der Waals surface area contributed by atoms with Crippen LogP contribution in [-0.4, -0.2) is 51.5 Å². The Morgan fingerprint density at radius 1 is 1.30 bits per heavy atom. The van der Waals surface area contributed by atoms with Crippen LogP contribution in [0.1, 0.15) is 59.4 Å². The van der Waals surface area contributed by atoms with Crippen LogP contribution in [0.5, 0.6) is 0 Å². The number of carbonyl (C=O) groups is 1. The summed E-state index contributed by atoms with van der Waals surface area (Å²) in [6.45, 7) is 10.6. The number of amides is 1. The fraction of sp³-hybridized carbons (Fsp3) is 0.682. The summed E-state index contributed by atoms with van der Waals surface area (Å²) in [5.74, 6) is 0. The summed E-state index contributed by atoms with van der Waals surface area (Å²) in [5, 5.41) is 24.3. The van der Waals surface area contributed by atoms with Gasteiger partial charge in [-0.05, 0) is 57.4 Å². The van der Waals surface area contributed by atoms with E-state index in [1.165, 1.54) is 11.3 Å². The molecule has 0 saturated heterocycles. The standard InChI is InChI=1S/C22H36N2O3/c1-21(2,3)24(20(26)27)18(13-16-9-7-6-8-10-16)19(25)15-23-17-11-12-22(4,5)14-17/h6-10,17-19,23,25H,11-15H2,1-5H3,(H,26,27)/t17?,18-,19+/m0/s1. The fourth-order valence-corrected chi connectivity index (χ4v) is 4.22. The molecule has 0 bridgehead atoms. The fourth-order valence-electron chi connectivity index (χ4n) is 4.22. The lowest BCUT2D eigenvalue weighted by Gasteiger charge is -2.42. The lowest BCUT2D eigenvalue weighted by molar-refractivity contribution is 0.00687. The van der Waals surface area contributed by atoms with Gasteiger partial charge in [0.15, 0.2) is 0 Å². The van der Waals surface area contributed by atoms with Crippen LogP contribution in [0.4, 0.5) is 4.79 Å². The molecular formula is C22H36N2O3. The predicted octanol–water partition coefficient (Wildman–Crippen LogP) is 3.91. The van der Waals surface area contributed by atoms with Crippen molar-refractivity contribution in [3.8, 4) is 0 Å². The second-order valence-electron chi connectivity index (χ2n) is 9.66. The maximum Gasteiger partial charge on any atom is 0.408 e. The van der Waals surface area contributed by atoms with Gasteiger partial charge in [0.05, 0.1) is 12.1 Å². The van der Waals surface area contributed by atoms with Crippen molar-refractivity contribution in [3.05, 3.63) is 35.9 Å². The molecule has 0 aromatic heterocycles. The first kappa shape index (κ1) is 21.7. The molecule has 3 atom stereocenters. The lowest BCUT2D eigenvalue weighted by Crippen LogP contribution is -2.58. The molecular weight excluding hydrogens is 340 g/mol. The van der Waals surface area contributed by atoms with Crippen molar-refractivity contribution in [2.24, 2.45) is 5.41 Å². The van der Waals surface area contributed by atoms with Crippen LogP contribution in [0.3, 0.4) is 0 Å². The SMILES string of the molecule is CC1(C)CCC(NC[C@@H](O)[C@H](Cc2ccccc2)N(C(=O)O)C(C)(C)C)C1. The van der Waals surface area contributed by atoms with Gasteiger partial charge in [-0.2, -0.15) is 0 Å². The predicted molar refractivity (Wildman–Crippen MR) is 109 cm³/mol. The van der Waals surface area contributed by atoms with Gasteiger partial charge in [0.25, 0.3) is 0 Å². The number of hydrogen-bond acceptors (Lipinski definition) is 3. The summed E-state index contributed by atoms with van der Waals surface area (Å²) < 4.78 is 0. The molecule has 5 nitrogen and oxygen atoms in total. The minimum Gasteiger partial charge on any atom is -0.465 e. The van der Waals surface area contributed by atoms with Crippen molar-refractivity contribution < 1.29 is 15.0 Å². The summed E-state index contributed by atoms with van der Waals surface area (Å²) in [5.41, 5.74) is 0.769. The van der Waals surface area contributed by atoms with Crippen molar-refractivity contribution in [2.45, 2.75) is 84.0 Å². The molecule has 1 fully saturated rings. The normalized spacial score (nSPS) is 21.6. The minimum absolute atomic E-state index is 0.338. The van der Waals surface area contributed by atoms with Gasteiger partial charge >= 0.3 is 6.09 Å². The average Bonchev–Trinajstić information content (AvgIpc) is 2.90. The molecule has 3 N–H and O–H groups in total. The van der Waals surface area contributed by atoms with Crippen molar-refractivity contribution in [3.63, 3.8) is 0 Å². The zero-order chi connectivity index (χ0) is 20.2. The topological polar surface area (TPSA) is 72.8 Å². The number of nitrogens with zero attached hydrogens (tertiary/aromatic N) is 1. The van der Waals surface area contributed by atoms with E-state index in [0.717, 1.165) is 18.4 Å². The van der Waals surface area contributed by atoms with E-state index in [2.05, 4.69) is 19.2 Å².